The molecule has 0 aromatic heterocycles. The minimum atomic E-state index is 0.625. The molecule has 2 N–H and O–H groups in total. The van der Waals surface area contributed by atoms with Crippen LogP contribution >= 0.6 is 11.6 Å². The van der Waals surface area contributed by atoms with E-state index in [1.807, 2.05) is 12.1 Å². The van der Waals surface area contributed by atoms with Gasteiger partial charge in [-0.2, -0.15) is 0 Å². The fourth-order valence-corrected chi connectivity index (χ4v) is 4.01. The van der Waals surface area contributed by atoms with Crippen LogP contribution < -0.4 is 10.6 Å². The third kappa shape index (κ3) is 5.04. The van der Waals surface area contributed by atoms with Crippen LogP contribution in [0.4, 0.5) is 5.69 Å². The van der Waals surface area contributed by atoms with E-state index in [1.165, 1.54) is 25.1 Å². The number of hydrogen-bond donors (Lipinski definition) is 1. The summed E-state index contributed by atoms with van der Waals surface area (Å²) in [6, 6.07) is 8.69. The standard InChI is InChI=1S/C20H32ClN5/c1-16(2)26-9-3-4-17(15-26)14-23-20(22)25-12-10-24(11-13-25)19-7-5-18(21)6-8-19/h5-8,16-17H,3-4,9-15H2,1-2H3,(H2,22,23). The number of hydrogen-bond acceptors (Lipinski definition) is 3. The maximum absolute atomic E-state index is 6.29. The number of aliphatic imine (C=N–C) groups is 1. The Balaban J connectivity index is 1.47. The molecule has 2 aliphatic rings. The average molecular weight is 378 g/mol. The zero-order valence-electron chi connectivity index (χ0n) is 16.1. The topological polar surface area (TPSA) is 48.1 Å². The van der Waals surface area contributed by atoms with Gasteiger partial charge in [-0.1, -0.05) is 11.6 Å². The summed E-state index contributed by atoms with van der Waals surface area (Å²) in [5.41, 5.74) is 7.51. The van der Waals surface area contributed by atoms with E-state index in [-0.39, 0.29) is 0 Å². The Labute approximate surface area is 162 Å². The molecule has 1 unspecified atom stereocenters. The second kappa shape index (κ2) is 8.96. The van der Waals surface area contributed by atoms with Gasteiger partial charge in [-0.05, 0) is 63.4 Å². The van der Waals surface area contributed by atoms with Gasteiger partial charge in [0.1, 0.15) is 0 Å². The third-order valence-electron chi connectivity index (χ3n) is 5.59. The molecule has 0 spiro atoms. The summed E-state index contributed by atoms with van der Waals surface area (Å²) in [6.45, 7) is 11.5. The molecular formula is C20H32ClN5. The molecule has 0 aliphatic carbocycles. The number of piperidine rings is 1. The summed E-state index contributed by atoms with van der Waals surface area (Å²) in [5, 5.41) is 0.780. The predicted octanol–water partition coefficient (Wildman–Crippen LogP) is 2.90. The Morgan fingerprint density at radius 1 is 1.15 bits per heavy atom. The first kappa shape index (κ1) is 19.3. The van der Waals surface area contributed by atoms with Gasteiger partial charge in [-0.15, -0.1) is 0 Å². The van der Waals surface area contributed by atoms with Crippen LogP contribution in [0.25, 0.3) is 0 Å². The fraction of sp³-hybridized carbons (Fsp3) is 0.650. The molecule has 3 rings (SSSR count). The van der Waals surface area contributed by atoms with E-state index in [4.69, 9.17) is 22.3 Å². The number of nitrogens with two attached hydrogens (primary N) is 1. The minimum absolute atomic E-state index is 0.625. The second-order valence-electron chi connectivity index (χ2n) is 7.75. The first-order valence-electron chi connectivity index (χ1n) is 9.82. The first-order valence-corrected chi connectivity index (χ1v) is 10.2. The highest BCUT2D eigenvalue weighted by Crippen LogP contribution is 2.20. The van der Waals surface area contributed by atoms with Crippen molar-refractivity contribution in [1.29, 1.82) is 0 Å². The Morgan fingerprint density at radius 2 is 1.85 bits per heavy atom. The quantitative estimate of drug-likeness (QED) is 0.647. The van der Waals surface area contributed by atoms with Gasteiger partial charge in [0.15, 0.2) is 5.96 Å². The molecule has 1 aromatic rings. The summed E-state index contributed by atoms with van der Waals surface area (Å²) in [7, 11) is 0. The van der Waals surface area contributed by atoms with Crippen LogP contribution in [0.15, 0.2) is 29.3 Å². The largest absolute Gasteiger partial charge is 0.370 e. The lowest BCUT2D eigenvalue weighted by atomic mass is 9.97. The van der Waals surface area contributed by atoms with Gasteiger partial charge in [-0.3, -0.25) is 4.99 Å². The number of rotatable bonds is 4. The molecule has 2 saturated heterocycles. The molecule has 0 radical (unpaired) electrons. The number of likely N-dealkylation sites (tertiary alicyclic amines) is 1. The van der Waals surface area contributed by atoms with E-state index in [0.29, 0.717) is 17.9 Å². The van der Waals surface area contributed by atoms with Gasteiger partial charge in [0.05, 0.1) is 0 Å². The zero-order chi connectivity index (χ0) is 18.5. The van der Waals surface area contributed by atoms with Gasteiger partial charge < -0.3 is 20.4 Å². The van der Waals surface area contributed by atoms with Crippen LogP contribution in [0.2, 0.25) is 5.02 Å². The Morgan fingerprint density at radius 3 is 2.50 bits per heavy atom. The molecular weight excluding hydrogens is 346 g/mol. The van der Waals surface area contributed by atoms with Gasteiger partial charge in [0.25, 0.3) is 0 Å². The van der Waals surface area contributed by atoms with Crippen LogP contribution in [0, 0.1) is 5.92 Å². The highest BCUT2D eigenvalue weighted by atomic mass is 35.5. The fourth-order valence-electron chi connectivity index (χ4n) is 3.88. The number of benzene rings is 1. The summed E-state index contributed by atoms with van der Waals surface area (Å²) >= 11 is 5.98. The first-order chi connectivity index (χ1) is 12.5. The van der Waals surface area contributed by atoms with E-state index in [2.05, 4.69) is 40.7 Å². The molecule has 2 fully saturated rings. The Kier molecular flexibility index (Phi) is 6.65. The van der Waals surface area contributed by atoms with Gasteiger partial charge in [-0.25, -0.2) is 0 Å². The third-order valence-corrected chi connectivity index (χ3v) is 5.84. The summed E-state index contributed by atoms with van der Waals surface area (Å²) in [6.07, 6.45) is 2.54. The van der Waals surface area contributed by atoms with Crippen LogP contribution in [-0.4, -0.2) is 67.6 Å². The number of nitrogens with zero attached hydrogens (tertiary/aromatic N) is 4. The highest BCUT2D eigenvalue weighted by molar-refractivity contribution is 6.30. The van der Waals surface area contributed by atoms with E-state index in [1.54, 1.807) is 0 Å². The van der Waals surface area contributed by atoms with Crippen molar-refractivity contribution in [2.75, 3.05) is 50.7 Å². The lowest BCUT2D eigenvalue weighted by molar-refractivity contribution is 0.143. The molecule has 0 saturated carbocycles. The number of piperazine rings is 1. The summed E-state index contributed by atoms with van der Waals surface area (Å²) < 4.78 is 0. The maximum atomic E-state index is 6.29. The van der Waals surface area contributed by atoms with Gasteiger partial charge >= 0.3 is 0 Å². The van der Waals surface area contributed by atoms with Crippen LogP contribution in [0.3, 0.4) is 0 Å². The van der Waals surface area contributed by atoms with E-state index in [9.17, 15) is 0 Å². The lowest BCUT2D eigenvalue weighted by Crippen LogP contribution is -2.51. The minimum Gasteiger partial charge on any atom is -0.370 e. The van der Waals surface area contributed by atoms with E-state index < -0.39 is 0 Å². The van der Waals surface area contributed by atoms with Crippen molar-refractivity contribution in [1.82, 2.24) is 9.80 Å². The number of guanidine groups is 1. The molecule has 0 bridgehead atoms. The Hall–Kier alpha value is -1.46. The van der Waals surface area contributed by atoms with Crippen molar-refractivity contribution in [2.24, 2.45) is 16.6 Å². The van der Waals surface area contributed by atoms with Gasteiger partial charge in [0, 0.05) is 56.0 Å². The second-order valence-corrected chi connectivity index (χ2v) is 8.18. The van der Waals surface area contributed by atoms with Crippen LogP contribution in [0.1, 0.15) is 26.7 Å². The van der Waals surface area contributed by atoms with Crippen molar-refractivity contribution in [2.45, 2.75) is 32.7 Å². The molecule has 144 valence electrons. The molecule has 26 heavy (non-hydrogen) atoms. The Bertz CT molecular complexity index is 593. The average Bonchev–Trinajstić information content (AvgIpc) is 2.67. The molecule has 6 heteroatoms. The van der Waals surface area contributed by atoms with Crippen LogP contribution in [0.5, 0.6) is 0 Å². The molecule has 1 aromatic carbocycles. The smallest absolute Gasteiger partial charge is 0.191 e. The lowest BCUT2D eigenvalue weighted by Gasteiger charge is -2.37. The normalized spacial score (nSPS) is 22.9. The molecule has 2 heterocycles. The number of halogens is 1. The molecule has 5 nitrogen and oxygen atoms in total. The SMILES string of the molecule is CC(C)N1CCCC(CN=C(N)N2CCN(c3ccc(Cl)cc3)CC2)C1. The van der Waals surface area contributed by atoms with Crippen molar-refractivity contribution in [3.05, 3.63) is 29.3 Å². The number of anilines is 1. The van der Waals surface area contributed by atoms with Crippen molar-refractivity contribution in [3.8, 4) is 0 Å². The van der Waals surface area contributed by atoms with Crippen molar-refractivity contribution in [3.63, 3.8) is 0 Å². The molecule has 2 aliphatic heterocycles. The summed E-state index contributed by atoms with van der Waals surface area (Å²) in [4.78, 5) is 11.9. The highest BCUT2D eigenvalue weighted by Gasteiger charge is 2.22. The van der Waals surface area contributed by atoms with E-state index >= 15 is 0 Å². The maximum Gasteiger partial charge on any atom is 0.191 e. The van der Waals surface area contributed by atoms with Gasteiger partial charge in [0.2, 0.25) is 0 Å². The summed E-state index contributed by atoms with van der Waals surface area (Å²) in [5.74, 6) is 1.35. The monoisotopic (exact) mass is 377 g/mol. The molecule has 0 amide bonds. The van der Waals surface area contributed by atoms with E-state index in [0.717, 1.165) is 44.3 Å². The van der Waals surface area contributed by atoms with Crippen molar-refractivity contribution < 1.29 is 0 Å². The zero-order valence-corrected chi connectivity index (χ0v) is 16.8. The van der Waals surface area contributed by atoms with Crippen molar-refractivity contribution >= 4 is 23.2 Å². The van der Waals surface area contributed by atoms with Crippen LogP contribution in [-0.2, 0) is 0 Å². The molecule has 1 atom stereocenters. The predicted molar refractivity (Wildman–Crippen MR) is 111 cm³/mol.